The summed E-state index contributed by atoms with van der Waals surface area (Å²) < 4.78 is 0. The van der Waals surface area contributed by atoms with Gasteiger partial charge in [0, 0.05) is 18.3 Å². The van der Waals surface area contributed by atoms with Crippen molar-refractivity contribution in [1.29, 1.82) is 0 Å². The number of thiocarbonyl (C=S) groups is 1. The van der Waals surface area contributed by atoms with E-state index in [9.17, 15) is 0 Å². The van der Waals surface area contributed by atoms with Crippen LogP contribution in [0, 0.1) is 0 Å². The standard InChI is InChI=1S/C9H10NS/c10-7-9-3-1-8(2-4-9)5-6-11/h1-4H,5,7,10H2. The second-order valence-corrected chi connectivity index (χ2v) is 2.63. The minimum Gasteiger partial charge on any atom is -0.326 e. The van der Waals surface area contributed by atoms with E-state index < -0.39 is 0 Å². The van der Waals surface area contributed by atoms with E-state index >= 15 is 0 Å². The molecule has 1 rings (SSSR count). The van der Waals surface area contributed by atoms with Crippen molar-refractivity contribution in [3.8, 4) is 0 Å². The number of rotatable bonds is 3. The van der Waals surface area contributed by atoms with Crippen LogP contribution in [-0.2, 0) is 13.0 Å². The average molecular weight is 164 g/mol. The Morgan fingerprint density at radius 3 is 2.18 bits per heavy atom. The Morgan fingerprint density at radius 1 is 1.18 bits per heavy atom. The molecule has 0 saturated carbocycles. The molecule has 0 unspecified atom stereocenters. The molecule has 0 heterocycles. The van der Waals surface area contributed by atoms with E-state index in [-0.39, 0.29) is 0 Å². The lowest BCUT2D eigenvalue weighted by atomic mass is 10.1. The lowest BCUT2D eigenvalue weighted by Crippen LogP contribution is -1.95. The molecule has 0 bridgehead atoms. The second-order valence-electron chi connectivity index (χ2n) is 2.34. The number of hydrogen-bond acceptors (Lipinski definition) is 2. The van der Waals surface area contributed by atoms with Crippen molar-refractivity contribution in [3.63, 3.8) is 0 Å². The summed E-state index contributed by atoms with van der Waals surface area (Å²) in [5.41, 5.74) is 7.78. The molecule has 0 saturated heterocycles. The molecule has 2 N–H and O–H groups in total. The molecule has 2 heteroatoms. The van der Waals surface area contributed by atoms with Crippen molar-refractivity contribution in [2.75, 3.05) is 0 Å². The van der Waals surface area contributed by atoms with Gasteiger partial charge in [0.15, 0.2) is 0 Å². The fourth-order valence-electron chi connectivity index (χ4n) is 0.877. The molecule has 1 aromatic carbocycles. The Morgan fingerprint density at radius 2 is 1.73 bits per heavy atom. The van der Waals surface area contributed by atoms with Gasteiger partial charge in [-0.15, -0.1) is 0 Å². The van der Waals surface area contributed by atoms with E-state index in [4.69, 9.17) is 5.73 Å². The van der Waals surface area contributed by atoms with Crippen LogP contribution in [0.25, 0.3) is 0 Å². The van der Waals surface area contributed by atoms with Crippen LogP contribution in [0.15, 0.2) is 24.3 Å². The summed E-state index contributed by atoms with van der Waals surface area (Å²) in [6.07, 6.45) is 0.736. The van der Waals surface area contributed by atoms with Crippen molar-refractivity contribution in [2.45, 2.75) is 13.0 Å². The fourth-order valence-corrected chi connectivity index (χ4v) is 1.04. The molecule has 1 radical (unpaired) electrons. The SMILES string of the molecule is NCc1ccc(C[C]=S)cc1. The van der Waals surface area contributed by atoms with Gasteiger partial charge in [0.05, 0.1) is 0 Å². The zero-order chi connectivity index (χ0) is 8.10. The van der Waals surface area contributed by atoms with E-state index in [2.05, 4.69) is 17.6 Å². The van der Waals surface area contributed by atoms with Gasteiger partial charge in [-0.25, -0.2) is 0 Å². The molecule has 0 aliphatic rings. The third-order valence-electron chi connectivity index (χ3n) is 1.53. The Bertz CT molecular complexity index is 228. The summed E-state index contributed by atoms with van der Waals surface area (Å²) in [5.74, 6) is 0. The Balaban J connectivity index is 2.74. The Kier molecular flexibility index (Phi) is 3.20. The Hall–Kier alpha value is -0.730. The predicted octanol–water partition coefficient (Wildman–Crippen LogP) is 1.56. The average Bonchev–Trinajstić information content (AvgIpc) is 2.07. The normalized spacial score (nSPS) is 9.55. The van der Waals surface area contributed by atoms with Gasteiger partial charge in [-0.05, 0) is 11.1 Å². The molecule has 11 heavy (non-hydrogen) atoms. The maximum atomic E-state index is 5.44. The summed E-state index contributed by atoms with van der Waals surface area (Å²) in [4.78, 5) is 0. The minimum absolute atomic E-state index is 0.599. The van der Waals surface area contributed by atoms with Gasteiger partial charge in [0.2, 0.25) is 0 Å². The zero-order valence-electron chi connectivity index (χ0n) is 6.21. The smallest absolute Gasteiger partial charge is 0.0338 e. The van der Waals surface area contributed by atoms with E-state index in [1.54, 1.807) is 0 Å². The molecule has 1 nitrogen and oxygen atoms in total. The largest absolute Gasteiger partial charge is 0.326 e. The van der Waals surface area contributed by atoms with Crippen LogP contribution in [0.5, 0.6) is 0 Å². The third-order valence-corrected chi connectivity index (χ3v) is 1.68. The molecule has 0 aliphatic carbocycles. The van der Waals surface area contributed by atoms with Gasteiger partial charge < -0.3 is 5.73 Å². The van der Waals surface area contributed by atoms with Crippen molar-refractivity contribution in [2.24, 2.45) is 5.73 Å². The highest BCUT2D eigenvalue weighted by atomic mass is 32.1. The lowest BCUT2D eigenvalue weighted by Gasteiger charge is -1.97. The molecule has 0 aromatic heterocycles. The molecule has 57 valence electrons. The molecular formula is C9H10NS. The highest BCUT2D eigenvalue weighted by Crippen LogP contribution is 2.03. The summed E-state index contributed by atoms with van der Waals surface area (Å²) >= 11 is 4.62. The molecule has 0 spiro atoms. The maximum absolute atomic E-state index is 5.44. The third kappa shape index (κ3) is 2.41. The lowest BCUT2D eigenvalue weighted by molar-refractivity contribution is 1.07. The van der Waals surface area contributed by atoms with Crippen LogP contribution in [0.4, 0.5) is 0 Å². The number of hydrogen-bond donors (Lipinski definition) is 1. The number of benzene rings is 1. The van der Waals surface area contributed by atoms with Crippen LogP contribution in [0.1, 0.15) is 11.1 Å². The molecule has 0 fully saturated rings. The van der Waals surface area contributed by atoms with Gasteiger partial charge >= 0.3 is 0 Å². The first-order valence-electron chi connectivity index (χ1n) is 3.49. The van der Waals surface area contributed by atoms with Crippen molar-refractivity contribution in [1.82, 2.24) is 0 Å². The minimum atomic E-state index is 0.599. The monoisotopic (exact) mass is 164 g/mol. The molecule has 0 aliphatic heterocycles. The van der Waals surface area contributed by atoms with Crippen LogP contribution in [0.2, 0.25) is 0 Å². The van der Waals surface area contributed by atoms with Crippen LogP contribution >= 0.6 is 12.2 Å². The van der Waals surface area contributed by atoms with Crippen LogP contribution < -0.4 is 5.73 Å². The van der Waals surface area contributed by atoms with Crippen LogP contribution in [0.3, 0.4) is 0 Å². The molecular weight excluding hydrogens is 154 g/mol. The van der Waals surface area contributed by atoms with Gasteiger partial charge in [-0.2, -0.15) is 0 Å². The summed E-state index contributed by atoms with van der Waals surface area (Å²) in [6, 6.07) is 8.09. The van der Waals surface area contributed by atoms with Crippen molar-refractivity contribution < 1.29 is 0 Å². The summed E-state index contributed by atoms with van der Waals surface area (Å²) in [5, 5.41) is 2.67. The fraction of sp³-hybridized carbons (Fsp3) is 0.222. The molecule has 0 atom stereocenters. The van der Waals surface area contributed by atoms with Crippen molar-refractivity contribution >= 4 is 17.6 Å². The van der Waals surface area contributed by atoms with Gasteiger partial charge in [0.25, 0.3) is 0 Å². The van der Waals surface area contributed by atoms with Crippen LogP contribution in [-0.4, -0.2) is 5.37 Å². The molecule has 0 amide bonds. The highest BCUT2D eigenvalue weighted by Gasteiger charge is 1.90. The van der Waals surface area contributed by atoms with Gasteiger partial charge in [-0.1, -0.05) is 36.5 Å². The second kappa shape index (κ2) is 4.21. The van der Waals surface area contributed by atoms with Gasteiger partial charge in [0.1, 0.15) is 0 Å². The van der Waals surface area contributed by atoms with Gasteiger partial charge in [-0.3, -0.25) is 0 Å². The zero-order valence-corrected chi connectivity index (χ0v) is 7.03. The first-order valence-corrected chi connectivity index (χ1v) is 3.90. The molecule has 1 aromatic rings. The van der Waals surface area contributed by atoms with E-state index in [0.717, 1.165) is 12.0 Å². The predicted molar refractivity (Wildman–Crippen MR) is 50.6 cm³/mol. The quantitative estimate of drug-likeness (QED) is 0.686. The highest BCUT2D eigenvalue weighted by molar-refractivity contribution is 7.78. The first kappa shape index (κ1) is 8.37. The topological polar surface area (TPSA) is 26.0 Å². The summed E-state index contributed by atoms with van der Waals surface area (Å²) in [7, 11) is 0. The van der Waals surface area contributed by atoms with Crippen molar-refractivity contribution in [3.05, 3.63) is 35.4 Å². The van der Waals surface area contributed by atoms with E-state index in [1.165, 1.54) is 5.56 Å². The summed E-state index contributed by atoms with van der Waals surface area (Å²) in [6.45, 7) is 0.599. The van der Waals surface area contributed by atoms with E-state index in [1.807, 2.05) is 24.3 Å². The number of nitrogens with two attached hydrogens (primary N) is 1. The Labute approximate surface area is 72.2 Å². The maximum Gasteiger partial charge on any atom is 0.0338 e. The first-order chi connectivity index (χ1) is 5.36. The van der Waals surface area contributed by atoms with E-state index in [0.29, 0.717) is 6.54 Å².